The van der Waals surface area contributed by atoms with Crippen molar-refractivity contribution in [3.63, 3.8) is 0 Å². The van der Waals surface area contributed by atoms with Crippen LogP contribution in [0, 0.1) is 29.1 Å². The molecule has 218 valence electrons. The second kappa shape index (κ2) is 9.89. The number of rotatable bonds is 5. The Morgan fingerprint density at radius 2 is 1.75 bits per heavy atom. The van der Waals surface area contributed by atoms with Gasteiger partial charge in [0.25, 0.3) is 0 Å². The average Bonchev–Trinajstić information content (AvgIpc) is 3.36. The summed E-state index contributed by atoms with van der Waals surface area (Å²) in [4.78, 5) is 13.1. The van der Waals surface area contributed by atoms with E-state index in [-0.39, 0.29) is 29.2 Å². The largest absolute Gasteiger partial charge is 1.00 e. The Morgan fingerprint density at radius 3 is 2.38 bits per heavy atom. The number of aromatic nitrogens is 2. The highest BCUT2D eigenvalue weighted by Gasteiger charge is 2.56. The fourth-order valence-electron chi connectivity index (χ4n) is 11.1. The van der Waals surface area contributed by atoms with Gasteiger partial charge in [0.1, 0.15) is 24.5 Å². The molecule has 8 rings (SSSR count). The SMILES string of the molecule is COC(=O)[C@]1(C)CCC[C@]2(C)c3cc(C[n+]4ccn(C56CC7CC(CC(C7)C5)C6)c4)c(C(C)C)cc3CCC12.[Cl-]. The molecule has 6 aliphatic carbocycles. The molecule has 6 aliphatic rings. The van der Waals surface area contributed by atoms with Gasteiger partial charge in [-0.3, -0.25) is 4.79 Å². The van der Waals surface area contributed by atoms with Crippen LogP contribution in [-0.2, 0) is 33.5 Å². The molecule has 0 spiro atoms. The fraction of sp³-hybridized carbons (Fsp3) is 0.714. The first kappa shape index (κ1) is 28.3. The van der Waals surface area contributed by atoms with Crippen LogP contribution in [0.5, 0.6) is 0 Å². The Labute approximate surface area is 247 Å². The quantitative estimate of drug-likeness (QED) is 0.405. The van der Waals surface area contributed by atoms with Crippen molar-refractivity contribution >= 4 is 5.97 Å². The number of carbonyl (C=O) groups excluding carboxylic acids is 1. The first-order chi connectivity index (χ1) is 18.6. The topological polar surface area (TPSA) is 35.1 Å². The van der Waals surface area contributed by atoms with Gasteiger partial charge in [-0.15, -0.1) is 0 Å². The molecule has 1 unspecified atom stereocenters. The van der Waals surface area contributed by atoms with Crippen LogP contribution in [0.2, 0.25) is 0 Å². The van der Waals surface area contributed by atoms with E-state index < -0.39 is 0 Å². The summed E-state index contributed by atoms with van der Waals surface area (Å²) in [5, 5.41) is 0. The van der Waals surface area contributed by atoms with Gasteiger partial charge in [0.15, 0.2) is 0 Å². The second-order valence-corrected chi connectivity index (χ2v) is 15.3. The van der Waals surface area contributed by atoms with Gasteiger partial charge in [0.05, 0.1) is 12.5 Å². The molecular formula is C35H49ClN2O2. The number of imidazole rings is 1. The van der Waals surface area contributed by atoms with Gasteiger partial charge >= 0.3 is 5.97 Å². The summed E-state index contributed by atoms with van der Waals surface area (Å²) >= 11 is 0. The van der Waals surface area contributed by atoms with Crippen LogP contribution in [0.25, 0.3) is 0 Å². The van der Waals surface area contributed by atoms with E-state index in [1.165, 1.54) is 60.8 Å². The summed E-state index contributed by atoms with van der Waals surface area (Å²) in [7, 11) is 1.57. The third-order valence-electron chi connectivity index (χ3n) is 12.5. The number of aryl methyl sites for hydroxylation is 1. The molecule has 5 heteroatoms. The zero-order valence-electron chi connectivity index (χ0n) is 25.3. The number of ether oxygens (including phenoxy) is 1. The lowest BCUT2D eigenvalue weighted by Crippen LogP contribution is -3.00. The number of hydrogen-bond acceptors (Lipinski definition) is 2. The van der Waals surface area contributed by atoms with Crippen LogP contribution in [0.1, 0.15) is 120 Å². The van der Waals surface area contributed by atoms with E-state index in [4.69, 9.17) is 4.74 Å². The molecule has 40 heavy (non-hydrogen) atoms. The number of benzene rings is 1. The summed E-state index contributed by atoms with van der Waals surface area (Å²) in [6.07, 6.45) is 21.1. The van der Waals surface area contributed by atoms with Gasteiger partial charge in [-0.25, -0.2) is 9.13 Å². The minimum absolute atomic E-state index is 0. The Hall–Kier alpha value is -1.81. The maximum absolute atomic E-state index is 13.1. The van der Waals surface area contributed by atoms with Crippen molar-refractivity contribution in [2.75, 3.05) is 7.11 Å². The monoisotopic (exact) mass is 564 g/mol. The molecule has 1 aromatic heterocycles. The summed E-state index contributed by atoms with van der Waals surface area (Å²) in [5.74, 6) is 3.69. The Balaban J connectivity index is 0.00000289. The van der Waals surface area contributed by atoms with Crippen LogP contribution in [0.15, 0.2) is 30.9 Å². The lowest BCUT2D eigenvalue weighted by molar-refractivity contribution is -0.688. The van der Waals surface area contributed by atoms with Crippen molar-refractivity contribution in [3.05, 3.63) is 53.1 Å². The lowest BCUT2D eigenvalue weighted by atomic mass is 9.49. The van der Waals surface area contributed by atoms with Crippen LogP contribution in [0.3, 0.4) is 0 Å². The normalized spacial score (nSPS) is 37.5. The van der Waals surface area contributed by atoms with Crippen molar-refractivity contribution in [2.24, 2.45) is 29.1 Å². The molecule has 1 aromatic carbocycles. The minimum Gasteiger partial charge on any atom is -1.00 e. The number of carbonyl (C=O) groups is 1. The zero-order chi connectivity index (χ0) is 27.2. The van der Waals surface area contributed by atoms with Crippen LogP contribution in [0.4, 0.5) is 0 Å². The summed E-state index contributed by atoms with van der Waals surface area (Å²) in [5.41, 5.74) is 5.99. The number of nitrogens with zero attached hydrogens (tertiary/aromatic N) is 2. The molecular weight excluding hydrogens is 516 g/mol. The maximum atomic E-state index is 13.1. The lowest BCUT2D eigenvalue weighted by Gasteiger charge is -2.54. The third kappa shape index (κ3) is 4.21. The van der Waals surface area contributed by atoms with E-state index in [0.717, 1.165) is 56.4 Å². The molecule has 1 heterocycles. The molecule has 5 fully saturated rings. The van der Waals surface area contributed by atoms with E-state index >= 15 is 0 Å². The van der Waals surface area contributed by atoms with Gasteiger partial charge in [0, 0.05) is 0 Å². The van der Waals surface area contributed by atoms with E-state index in [0.29, 0.717) is 17.4 Å². The van der Waals surface area contributed by atoms with Gasteiger partial charge in [-0.1, -0.05) is 39.3 Å². The fourth-order valence-corrected chi connectivity index (χ4v) is 11.1. The third-order valence-corrected chi connectivity index (χ3v) is 12.5. The van der Waals surface area contributed by atoms with Crippen molar-refractivity contribution in [1.29, 1.82) is 0 Å². The van der Waals surface area contributed by atoms with E-state index in [9.17, 15) is 4.79 Å². The minimum atomic E-state index is -0.389. The molecule has 0 amide bonds. The molecule has 4 bridgehead atoms. The summed E-state index contributed by atoms with van der Waals surface area (Å²) in [6, 6.07) is 5.10. The number of halogens is 1. The van der Waals surface area contributed by atoms with Gasteiger partial charge in [0.2, 0.25) is 6.33 Å². The van der Waals surface area contributed by atoms with Gasteiger partial charge in [-0.05, 0) is 128 Å². The van der Waals surface area contributed by atoms with Crippen LogP contribution < -0.4 is 17.0 Å². The number of esters is 1. The van der Waals surface area contributed by atoms with E-state index in [1.807, 2.05) is 0 Å². The van der Waals surface area contributed by atoms with Crippen molar-refractivity contribution < 1.29 is 26.5 Å². The van der Waals surface area contributed by atoms with Gasteiger partial charge in [-0.2, -0.15) is 0 Å². The van der Waals surface area contributed by atoms with Crippen molar-refractivity contribution in [2.45, 2.75) is 122 Å². The van der Waals surface area contributed by atoms with Crippen LogP contribution in [-0.4, -0.2) is 17.6 Å². The number of fused-ring (bicyclic) bond motifs is 3. The van der Waals surface area contributed by atoms with E-state index in [2.05, 4.69) is 67.7 Å². The Morgan fingerprint density at radius 1 is 1.07 bits per heavy atom. The zero-order valence-corrected chi connectivity index (χ0v) is 26.1. The predicted molar refractivity (Wildman–Crippen MR) is 154 cm³/mol. The molecule has 5 saturated carbocycles. The first-order valence-electron chi connectivity index (χ1n) is 16.0. The predicted octanol–water partition coefficient (Wildman–Crippen LogP) is 4.06. The molecule has 0 radical (unpaired) electrons. The molecule has 3 atom stereocenters. The number of hydrogen-bond donors (Lipinski definition) is 0. The van der Waals surface area contributed by atoms with Crippen LogP contribution >= 0.6 is 0 Å². The molecule has 0 aliphatic heterocycles. The second-order valence-electron chi connectivity index (χ2n) is 15.3. The molecule has 4 nitrogen and oxygen atoms in total. The molecule has 0 N–H and O–H groups in total. The summed E-state index contributed by atoms with van der Waals surface area (Å²) in [6.45, 7) is 10.2. The smallest absolute Gasteiger partial charge is 0.311 e. The van der Waals surface area contributed by atoms with Crippen molar-refractivity contribution in [3.8, 4) is 0 Å². The highest BCUT2D eigenvalue weighted by atomic mass is 35.5. The summed E-state index contributed by atoms with van der Waals surface area (Å²) < 4.78 is 10.5. The van der Waals surface area contributed by atoms with Crippen molar-refractivity contribution in [1.82, 2.24) is 4.57 Å². The number of methoxy groups -OCH3 is 1. The van der Waals surface area contributed by atoms with Gasteiger partial charge < -0.3 is 17.1 Å². The first-order valence-corrected chi connectivity index (χ1v) is 16.0. The highest BCUT2D eigenvalue weighted by Crippen LogP contribution is 2.59. The van der Waals surface area contributed by atoms with E-state index in [1.54, 1.807) is 7.11 Å². The Bertz CT molecular complexity index is 1260. The molecule has 0 saturated heterocycles. The standard InChI is InChI=1S/C35H49N2O2.ClH/c1-23(2)29-16-27-7-8-31-33(3,9-6-10-34(31,4)32(38)39-5)30(27)17-28(29)21-36-11-12-37(22-36)35-18-24-13-25(19-35)15-26(14-24)20-35;/h11-12,16-17,22-26,31H,6-10,13-15,18-21H2,1-5H3;1H/q+1;/p-1/t24?,25?,26?,31?,33-,34-,35?;/m1./s1. The maximum Gasteiger partial charge on any atom is 0.311 e. The Kier molecular flexibility index (Phi) is 7.00. The average molecular weight is 565 g/mol. The highest BCUT2D eigenvalue weighted by molar-refractivity contribution is 5.77. The molecule has 2 aromatic rings.